The molecule has 1 aliphatic rings. The minimum atomic E-state index is -4.61. The summed E-state index contributed by atoms with van der Waals surface area (Å²) in [6.07, 6.45) is -3.62. The van der Waals surface area contributed by atoms with Crippen LogP contribution in [0.2, 0.25) is 0 Å². The van der Waals surface area contributed by atoms with Gasteiger partial charge in [-0.2, -0.15) is 13.2 Å². The number of sulfonamides is 1. The van der Waals surface area contributed by atoms with Gasteiger partial charge in [-0.25, -0.2) is 13.4 Å². The molecule has 1 aliphatic heterocycles. The number of pyridine rings is 1. The Labute approximate surface area is 165 Å². The van der Waals surface area contributed by atoms with E-state index in [1.807, 2.05) is 0 Å². The number of rotatable bonds is 3. The van der Waals surface area contributed by atoms with Crippen molar-refractivity contribution in [3.8, 4) is 5.75 Å². The Morgan fingerprint density at radius 3 is 2.31 bits per heavy atom. The molecule has 1 N–H and O–H groups in total. The Bertz CT molecular complexity index is 1100. The van der Waals surface area contributed by atoms with Crippen molar-refractivity contribution in [2.24, 2.45) is 0 Å². The zero-order valence-corrected chi connectivity index (χ0v) is 16.8. The number of nitrogens with zero attached hydrogens (tertiary/aromatic N) is 2. The molecule has 2 heterocycles. The van der Waals surface area contributed by atoms with Gasteiger partial charge in [-0.3, -0.25) is 14.4 Å². The van der Waals surface area contributed by atoms with Crippen molar-refractivity contribution in [1.82, 2.24) is 4.98 Å². The summed E-state index contributed by atoms with van der Waals surface area (Å²) in [7, 11) is -3.54. The maximum atomic E-state index is 13.0. The van der Waals surface area contributed by atoms with Crippen LogP contribution in [0.5, 0.6) is 5.75 Å². The van der Waals surface area contributed by atoms with Gasteiger partial charge in [0, 0.05) is 6.07 Å². The van der Waals surface area contributed by atoms with Crippen LogP contribution in [0.25, 0.3) is 0 Å². The molecule has 1 amide bonds. The summed E-state index contributed by atoms with van der Waals surface area (Å²) in [6.45, 7) is 4.39. The van der Waals surface area contributed by atoms with E-state index in [0.717, 1.165) is 12.3 Å². The zero-order chi connectivity index (χ0) is 21.8. The molecule has 0 spiro atoms. The number of benzene rings is 1. The molecule has 0 saturated carbocycles. The van der Waals surface area contributed by atoms with E-state index in [4.69, 9.17) is 4.74 Å². The standard InChI is InChI=1S/C18H18F3N3O4S/c1-10-12(7-8-15(22-10)18(19,20)21)24-13-6-5-11(23-29(4,26)27)9-14(13)28-17(2,3)16(24)25/h5-9,23H,1-4H3. The summed E-state index contributed by atoms with van der Waals surface area (Å²) < 4.78 is 69.8. The summed E-state index contributed by atoms with van der Waals surface area (Å²) in [5, 5.41) is 0. The molecule has 1 aromatic heterocycles. The first-order valence-electron chi connectivity index (χ1n) is 8.39. The summed E-state index contributed by atoms with van der Waals surface area (Å²) in [5.41, 5.74) is -1.74. The van der Waals surface area contributed by atoms with Crippen LogP contribution in [0, 0.1) is 6.92 Å². The quantitative estimate of drug-likeness (QED) is 0.805. The van der Waals surface area contributed by atoms with Crippen LogP contribution < -0.4 is 14.4 Å². The number of alkyl halides is 3. The second kappa shape index (κ2) is 6.61. The molecule has 0 fully saturated rings. The highest BCUT2D eigenvalue weighted by atomic mass is 32.2. The van der Waals surface area contributed by atoms with Gasteiger partial charge in [0.2, 0.25) is 10.0 Å². The van der Waals surface area contributed by atoms with Gasteiger partial charge < -0.3 is 4.74 Å². The van der Waals surface area contributed by atoms with Crippen LogP contribution in [-0.4, -0.2) is 31.2 Å². The zero-order valence-electron chi connectivity index (χ0n) is 16.0. The molecule has 29 heavy (non-hydrogen) atoms. The molecular formula is C18H18F3N3O4S. The summed E-state index contributed by atoms with van der Waals surface area (Å²) in [5.74, 6) is -0.305. The van der Waals surface area contributed by atoms with Crippen molar-refractivity contribution >= 4 is 33.0 Å². The van der Waals surface area contributed by atoms with E-state index in [0.29, 0.717) is 0 Å². The van der Waals surface area contributed by atoms with Crippen molar-refractivity contribution in [2.45, 2.75) is 32.5 Å². The van der Waals surface area contributed by atoms with Crippen LogP contribution >= 0.6 is 0 Å². The fourth-order valence-electron chi connectivity index (χ4n) is 2.94. The van der Waals surface area contributed by atoms with Crippen LogP contribution in [0.1, 0.15) is 25.2 Å². The number of anilines is 3. The largest absolute Gasteiger partial charge is 0.476 e. The number of ether oxygens (including phenoxy) is 1. The van der Waals surface area contributed by atoms with E-state index in [1.54, 1.807) is 0 Å². The van der Waals surface area contributed by atoms with Crippen molar-refractivity contribution in [2.75, 3.05) is 15.9 Å². The molecule has 0 atom stereocenters. The van der Waals surface area contributed by atoms with E-state index in [-0.39, 0.29) is 28.5 Å². The predicted octanol–water partition coefficient (Wildman–Crippen LogP) is 3.62. The van der Waals surface area contributed by atoms with E-state index < -0.39 is 33.4 Å². The number of halogens is 3. The van der Waals surface area contributed by atoms with Gasteiger partial charge in [-0.1, -0.05) is 0 Å². The van der Waals surface area contributed by atoms with Crippen molar-refractivity contribution in [3.05, 3.63) is 41.7 Å². The van der Waals surface area contributed by atoms with Crippen LogP contribution in [0.15, 0.2) is 30.3 Å². The number of hydrogen-bond acceptors (Lipinski definition) is 5. The molecule has 0 bridgehead atoms. The average molecular weight is 429 g/mol. The predicted molar refractivity (Wildman–Crippen MR) is 101 cm³/mol. The molecule has 0 aliphatic carbocycles. The number of nitrogens with one attached hydrogen (secondary N) is 1. The van der Waals surface area contributed by atoms with Crippen LogP contribution in [0.4, 0.5) is 30.2 Å². The average Bonchev–Trinajstić information content (AvgIpc) is 2.54. The maximum absolute atomic E-state index is 13.0. The molecule has 2 aromatic rings. The topological polar surface area (TPSA) is 88.6 Å². The number of fused-ring (bicyclic) bond motifs is 1. The number of aromatic nitrogens is 1. The van der Waals surface area contributed by atoms with Crippen LogP contribution in [0.3, 0.4) is 0 Å². The normalized spacial score (nSPS) is 16.2. The molecule has 0 unspecified atom stereocenters. The molecule has 156 valence electrons. The lowest BCUT2D eigenvalue weighted by molar-refractivity contribution is -0.141. The first-order chi connectivity index (χ1) is 13.2. The molecule has 0 saturated heterocycles. The van der Waals surface area contributed by atoms with E-state index in [9.17, 15) is 26.4 Å². The fraction of sp³-hybridized carbons (Fsp3) is 0.333. The summed E-state index contributed by atoms with van der Waals surface area (Å²) >= 11 is 0. The summed E-state index contributed by atoms with van der Waals surface area (Å²) in [6, 6.07) is 6.26. The first-order valence-corrected chi connectivity index (χ1v) is 10.3. The Morgan fingerprint density at radius 2 is 1.76 bits per heavy atom. The van der Waals surface area contributed by atoms with Gasteiger partial charge >= 0.3 is 6.18 Å². The third-order valence-electron chi connectivity index (χ3n) is 4.18. The smallest absolute Gasteiger partial charge is 0.433 e. The lowest BCUT2D eigenvalue weighted by Gasteiger charge is -2.39. The molecule has 11 heteroatoms. The van der Waals surface area contributed by atoms with Crippen molar-refractivity contribution in [3.63, 3.8) is 0 Å². The Hall–Kier alpha value is -2.82. The third-order valence-corrected chi connectivity index (χ3v) is 4.78. The van der Waals surface area contributed by atoms with Gasteiger partial charge in [-0.05, 0) is 45.0 Å². The molecule has 7 nitrogen and oxygen atoms in total. The molecule has 0 radical (unpaired) electrons. The van der Waals surface area contributed by atoms with Crippen molar-refractivity contribution < 1.29 is 31.1 Å². The van der Waals surface area contributed by atoms with Gasteiger partial charge in [0.15, 0.2) is 5.60 Å². The third kappa shape index (κ3) is 4.14. The first kappa shape index (κ1) is 20.9. The maximum Gasteiger partial charge on any atom is 0.433 e. The van der Waals surface area contributed by atoms with Gasteiger partial charge in [0.1, 0.15) is 11.4 Å². The van der Waals surface area contributed by atoms with E-state index in [1.165, 1.54) is 49.9 Å². The lowest BCUT2D eigenvalue weighted by atomic mass is 10.0. The SMILES string of the molecule is Cc1nc(C(F)(F)F)ccc1N1C(=O)C(C)(C)Oc2cc(NS(C)(=O)=O)ccc21. The van der Waals surface area contributed by atoms with Crippen LogP contribution in [-0.2, 0) is 21.0 Å². The second-order valence-corrected chi connectivity index (χ2v) is 8.86. The Kier molecular flexibility index (Phi) is 4.77. The number of hydrogen-bond donors (Lipinski definition) is 1. The molecule has 1 aromatic carbocycles. The van der Waals surface area contributed by atoms with Gasteiger partial charge in [-0.15, -0.1) is 0 Å². The van der Waals surface area contributed by atoms with Crippen molar-refractivity contribution in [1.29, 1.82) is 0 Å². The number of carbonyl (C=O) groups is 1. The summed E-state index contributed by atoms with van der Waals surface area (Å²) in [4.78, 5) is 17.8. The fourth-order valence-corrected chi connectivity index (χ4v) is 3.50. The molecule has 3 rings (SSSR count). The highest BCUT2D eigenvalue weighted by Crippen LogP contribution is 2.44. The number of amides is 1. The van der Waals surface area contributed by atoms with E-state index in [2.05, 4.69) is 9.71 Å². The number of aryl methyl sites for hydroxylation is 1. The van der Waals surface area contributed by atoms with Gasteiger partial charge in [0.25, 0.3) is 5.91 Å². The lowest BCUT2D eigenvalue weighted by Crippen LogP contribution is -2.50. The Morgan fingerprint density at radius 1 is 1.14 bits per heavy atom. The number of carbonyl (C=O) groups excluding carboxylic acids is 1. The van der Waals surface area contributed by atoms with Gasteiger partial charge in [0.05, 0.1) is 29.0 Å². The highest BCUT2D eigenvalue weighted by molar-refractivity contribution is 7.92. The monoisotopic (exact) mass is 429 g/mol. The Balaban J connectivity index is 2.14. The minimum absolute atomic E-state index is 0.00941. The molecular weight excluding hydrogens is 411 g/mol. The second-order valence-electron chi connectivity index (χ2n) is 7.11. The highest BCUT2D eigenvalue weighted by Gasteiger charge is 2.43. The van der Waals surface area contributed by atoms with E-state index >= 15 is 0 Å². The minimum Gasteiger partial charge on any atom is -0.476 e.